The van der Waals surface area contributed by atoms with E-state index in [4.69, 9.17) is 4.74 Å². The van der Waals surface area contributed by atoms with Gasteiger partial charge in [0, 0.05) is 17.8 Å². The first-order valence-corrected chi connectivity index (χ1v) is 6.71. The number of rotatable bonds is 3. The minimum Gasteiger partial charge on any atom is -0.487 e. The van der Waals surface area contributed by atoms with Gasteiger partial charge in [0.05, 0.1) is 5.69 Å². The van der Waals surface area contributed by atoms with Crippen LogP contribution in [0.4, 0.5) is 0 Å². The molecule has 2 aromatic heterocycles. The number of benzene rings is 1. The Morgan fingerprint density at radius 2 is 2.22 bits per heavy atom. The summed E-state index contributed by atoms with van der Waals surface area (Å²) < 4.78 is 7.85. The van der Waals surface area contributed by atoms with E-state index in [1.54, 1.807) is 11.3 Å². The van der Waals surface area contributed by atoms with Gasteiger partial charge in [-0.05, 0) is 31.0 Å². The molecule has 0 bridgehead atoms. The molecule has 0 amide bonds. The molecule has 3 aromatic rings. The van der Waals surface area contributed by atoms with Crippen LogP contribution in [0.1, 0.15) is 16.8 Å². The Bertz CT molecular complexity index is 655. The van der Waals surface area contributed by atoms with Crippen molar-refractivity contribution in [3.05, 3.63) is 52.8 Å². The van der Waals surface area contributed by atoms with Crippen LogP contribution in [0, 0.1) is 13.8 Å². The molecule has 0 saturated carbocycles. The topological polar surface area (TPSA) is 26.5 Å². The molecule has 0 saturated heterocycles. The maximum absolute atomic E-state index is 5.83. The van der Waals surface area contributed by atoms with Crippen LogP contribution in [0.2, 0.25) is 0 Å². The van der Waals surface area contributed by atoms with Gasteiger partial charge in [-0.25, -0.2) is 4.98 Å². The van der Waals surface area contributed by atoms with E-state index >= 15 is 0 Å². The Morgan fingerprint density at radius 1 is 1.33 bits per heavy atom. The third-order valence-corrected chi connectivity index (χ3v) is 3.63. The molecule has 0 fully saturated rings. The lowest BCUT2D eigenvalue weighted by Gasteiger charge is -2.08. The van der Waals surface area contributed by atoms with Crippen molar-refractivity contribution in [2.45, 2.75) is 20.5 Å². The molecule has 0 aliphatic heterocycles. The summed E-state index contributed by atoms with van der Waals surface area (Å²) in [6.07, 6.45) is 4.02. The molecule has 0 atom stereocenters. The largest absolute Gasteiger partial charge is 0.487 e. The third-order valence-electron chi connectivity index (χ3n) is 2.86. The fraction of sp³-hybridized carbons (Fsp3) is 0.214. The van der Waals surface area contributed by atoms with Gasteiger partial charge in [0.15, 0.2) is 4.96 Å². The van der Waals surface area contributed by atoms with E-state index in [9.17, 15) is 0 Å². The third kappa shape index (κ3) is 2.11. The van der Waals surface area contributed by atoms with Gasteiger partial charge in [0.1, 0.15) is 12.4 Å². The highest BCUT2D eigenvalue weighted by atomic mass is 32.1. The predicted octanol–water partition coefficient (Wildman–Crippen LogP) is 3.59. The second-order valence-electron chi connectivity index (χ2n) is 4.38. The lowest BCUT2D eigenvalue weighted by molar-refractivity contribution is 0.300. The van der Waals surface area contributed by atoms with E-state index in [0.717, 1.165) is 22.0 Å². The van der Waals surface area contributed by atoms with Crippen LogP contribution in [0.5, 0.6) is 5.75 Å². The Labute approximate surface area is 110 Å². The SMILES string of the molecule is Cc1ccc(C)c(OCc2cn3ccsc3n2)c1. The Kier molecular flexibility index (Phi) is 2.80. The van der Waals surface area contributed by atoms with Crippen LogP contribution < -0.4 is 4.74 Å². The molecule has 3 rings (SSSR count). The molecule has 0 unspecified atom stereocenters. The van der Waals surface area contributed by atoms with E-state index in [2.05, 4.69) is 37.0 Å². The number of thiazole rings is 1. The van der Waals surface area contributed by atoms with E-state index in [1.807, 2.05) is 22.2 Å². The molecule has 1 aromatic carbocycles. The van der Waals surface area contributed by atoms with Crippen molar-refractivity contribution in [3.8, 4) is 5.75 Å². The number of hydrogen-bond acceptors (Lipinski definition) is 3. The van der Waals surface area contributed by atoms with Gasteiger partial charge in [-0.15, -0.1) is 11.3 Å². The molecule has 2 heterocycles. The van der Waals surface area contributed by atoms with Gasteiger partial charge in [0.25, 0.3) is 0 Å². The number of fused-ring (bicyclic) bond motifs is 1. The fourth-order valence-corrected chi connectivity index (χ4v) is 2.58. The first-order valence-electron chi connectivity index (χ1n) is 5.83. The number of hydrogen-bond donors (Lipinski definition) is 0. The van der Waals surface area contributed by atoms with Crippen molar-refractivity contribution in [1.82, 2.24) is 9.38 Å². The maximum atomic E-state index is 5.83. The number of ether oxygens (including phenoxy) is 1. The summed E-state index contributed by atoms with van der Waals surface area (Å²) >= 11 is 1.63. The molecular formula is C14H14N2OS. The monoisotopic (exact) mass is 258 g/mol. The molecule has 0 spiro atoms. The van der Waals surface area contributed by atoms with Crippen LogP contribution in [0.15, 0.2) is 36.0 Å². The zero-order valence-corrected chi connectivity index (χ0v) is 11.2. The van der Waals surface area contributed by atoms with Crippen molar-refractivity contribution in [2.75, 3.05) is 0 Å². The maximum Gasteiger partial charge on any atom is 0.193 e. The van der Waals surface area contributed by atoms with Crippen molar-refractivity contribution >= 4 is 16.3 Å². The Hall–Kier alpha value is -1.81. The summed E-state index contributed by atoms with van der Waals surface area (Å²) in [6.45, 7) is 4.64. The first kappa shape index (κ1) is 11.3. The van der Waals surface area contributed by atoms with Gasteiger partial charge in [0.2, 0.25) is 0 Å². The summed E-state index contributed by atoms with van der Waals surface area (Å²) in [5.74, 6) is 0.936. The van der Waals surface area contributed by atoms with Gasteiger partial charge < -0.3 is 4.74 Å². The molecular weight excluding hydrogens is 244 g/mol. The highest BCUT2D eigenvalue weighted by Gasteiger charge is 2.05. The van der Waals surface area contributed by atoms with Crippen LogP contribution in [-0.2, 0) is 6.61 Å². The Morgan fingerprint density at radius 3 is 3.06 bits per heavy atom. The smallest absolute Gasteiger partial charge is 0.193 e. The minimum atomic E-state index is 0.513. The zero-order chi connectivity index (χ0) is 12.5. The second kappa shape index (κ2) is 4.46. The van der Waals surface area contributed by atoms with Gasteiger partial charge in [-0.1, -0.05) is 12.1 Å². The molecule has 18 heavy (non-hydrogen) atoms. The average Bonchev–Trinajstić information content (AvgIpc) is 2.90. The fourth-order valence-electron chi connectivity index (χ4n) is 1.86. The molecule has 0 radical (unpaired) electrons. The highest BCUT2D eigenvalue weighted by Crippen LogP contribution is 2.20. The van der Waals surface area contributed by atoms with Crippen molar-refractivity contribution in [1.29, 1.82) is 0 Å². The molecule has 0 aliphatic rings. The predicted molar refractivity (Wildman–Crippen MR) is 73.3 cm³/mol. The van der Waals surface area contributed by atoms with E-state index < -0.39 is 0 Å². The van der Waals surface area contributed by atoms with E-state index in [0.29, 0.717) is 6.61 Å². The summed E-state index contributed by atoms with van der Waals surface area (Å²) in [5, 5.41) is 2.03. The van der Waals surface area contributed by atoms with Gasteiger partial charge in [-0.2, -0.15) is 0 Å². The van der Waals surface area contributed by atoms with E-state index in [-0.39, 0.29) is 0 Å². The highest BCUT2D eigenvalue weighted by molar-refractivity contribution is 7.15. The number of nitrogens with zero attached hydrogens (tertiary/aromatic N) is 2. The number of aryl methyl sites for hydroxylation is 2. The lowest BCUT2D eigenvalue weighted by atomic mass is 10.1. The molecule has 3 nitrogen and oxygen atoms in total. The van der Waals surface area contributed by atoms with E-state index in [1.165, 1.54) is 5.56 Å². The summed E-state index contributed by atoms with van der Waals surface area (Å²) in [6, 6.07) is 6.24. The standard InChI is InChI=1S/C14H14N2OS/c1-10-3-4-11(2)13(7-10)17-9-12-8-16-5-6-18-14(16)15-12/h3-8H,9H2,1-2H3. The summed E-state index contributed by atoms with van der Waals surface area (Å²) in [5.41, 5.74) is 3.32. The van der Waals surface area contributed by atoms with Gasteiger partial charge >= 0.3 is 0 Å². The second-order valence-corrected chi connectivity index (χ2v) is 5.26. The molecule has 4 heteroatoms. The van der Waals surface area contributed by atoms with Crippen molar-refractivity contribution < 1.29 is 4.74 Å². The first-order chi connectivity index (χ1) is 8.72. The van der Waals surface area contributed by atoms with Crippen LogP contribution >= 0.6 is 11.3 Å². The van der Waals surface area contributed by atoms with Crippen molar-refractivity contribution in [3.63, 3.8) is 0 Å². The summed E-state index contributed by atoms with van der Waals surface area (Å²) in [4.78, 5) is 5.51. The van der Waals surface area contributed by atoms with Crippen molar-refractivity contribution in [2.24, 2.45) is 0 Å². The normalized spacial score (nSPS) is 11.0. The molecule has 0 aliphatic carbocycles. The van der Waals surface area contributed by atoms with Gasteiger partial charge in [-0.3, -0.25) is 4.40 Å². The van der Waals surface area contributed by atoms with Crippen LogP contribution in [-0.4, -0.2) is 9.38 Å². The van der Waals surface area contributed by atoms with Crippen LogP contribution in [0.3, 0.4) is 0 Å². The Balaban J connectivity index is 1.77. The zero-order valence-electron chi connectivity index (χ0n) is 10.4. The number of imidazole rings is 1. The lowest BCUT2D eigenvalue weighted by Crippen LogP contribution is -1.97. The molecule has 92 valence electrons. The molecule has 0 N–H and O–H groups in total. The quantitative estimate of drug-likeness (QED) is 0.717. The number of aromatic nitrogens is 2. The average molecular weight is 258 g/mol. The summed E-state index contributed by atoms with van der Waals surface area (Å²) in [7, 11) is 0. The van der Waals surface area contributed by atoms with Crippen LogP contribution in [0.25, 0.3) is 4.96 Å². The minimum absolute atomic E-state index is 0.513.